The molecule has 0 aliphatic rings. The minimum absolute atomic E-state index is 0.0949. The van der Waals surface area contributed by atoms with Crippen LogP contribution in [-0.2, 0) is 11.9 Å². The Kier molecular flexibility index (Phi) is 5.26. The summed E-state index contributed by atoms with van der Waals surface area (Å²) in [7, 11) is 1.59. The summed E-state index contributed by atoms with van der Waals surface area (Å²) in [4.78, 5) is 0. The second-order valence-corrected chi connectivity index (χ2v) is 5.08. The van der Waals surface area contributed by atoms with Crippen LogP contribution < -0.4 is 9.47 Å². The number of benzene rings is 2. The van der Waals surface area contributed by atoms with Crippen LogP contribution in [0.4, 0.5) is 4.39 Å². The van der Waals surface area contributed by atoms with Gasteiger partial charge in [0, 0.05) is 22.5 Å². The van der Waals surface area contributed by atoms with Gasteiger partial charge in [-0.25, -0.2) is 4.39 Å². The molecule has 0 radical (unpaired) electrons. The molecule has 2 rings (SSSR count). The maximum absolute atomic E-state index is 13.8. The monoisotopic (exact) mass is 358 g/mol. The lowest BCUT2D eigenvalue weighted by Gasteiger charge is -2.12. The highest BCUT2D eigenvalue weighted by atomic mass is 79.9. The summed E-state index contributed by atoms with van der Waals surface area (Å²) in [6.45, 7) is 0.111. The number of hydrogen-bond acceptors (Lipinski definition) is 2. The Bertz CT molecular complexity index is 604. The molecule has 0 aromatic heterocycles. The first-order valence-electron chi connectivity index (χ1n) is 5.94. The first-order valence-corrected chi connectivity index (χ1v) is 7.44. The van der Waals surface area contributed by atoms with Gasteiger partial charge >= 0.3 is 0 Å². The van der Waals surface area contributed by atoms with Crippen LogP contribution in [0.5, 0.6) is 11.5 Å². The van der Waals surface area contributed by atoms with Gasteiger partial charge in [-0.15, -0.1) is 0 Å². The Morgan fingerprint density at radius 2 is 2.00 bits per heavy atom. The maximum Gasteiger partial charge on any atom is 0.148 e. The third kappa shape index (κ3) is 3.44. The van der Waals surface area contributed by atoms with E-state index in [4.69, 9.17) is 21.1 Å². The fourth-order valence-corrected chi connectivity index (χ4v) is 2.38. The number of halogens is 3. The molecular formula is C15H13BrClFO2. The molecule has 0 aliphatic heterocycles. The van der Waals surface area contributed by atoms with E-state index in [1.54, 1.807) is 25.3 Å². The van der Waals surface area contributed by atoms with Gasteiger partial charge < -0.3 is 9.47 Å². The zero-order chi connectivity index (χ0) is 14.5. The highest BCUT2D eigenvalue weighted by Crippen LogP contribution is 2.28. The number of ether oxygens (including phenoxy) is 2. The Morgan fingerprint density at radius 3 is 2.70 bits per heavy atom. The van der Waals surface area contributed by atoms with E-state index in [0.717, 1.165) is 5.56 Å². The second kappa shape index (κ2) is 6.95. The molecule has 0 unspecified atom stereocenters. The molecule has 0 saturated heterocycles. The first-order chi connectivity index (χ1) is 9.65. The second-order valence-electron chi connectivity index (χ2n) is 4.11. The van der Waals surface area contributed by atoms with Crippen molar-refractivity contribution >= 4 is 27.5 Å². The lowest BCUT2D eigenvalue weighted by molar-refractivity contribution is 0.295. The van der Waals surface area contributed by atoms with Gasteiger partial charge in [0.15, 0.2) is 0 Å². The summed E-state index contributed by atoms with van der Waals surface area (Å²) in [6, 6.07) is 10.4. The molecule has 0 aliphatic carbocycles. The maximum atomic E-state index is 13.8. The van der Waals surface area contributed by atoms with E-state index in [9.17, 15) is 4.39 Å². The Hall–Kier alpha value is -1.26. The molecule has 0 saturated carbocycles. The van der Waals surface area contributed by atoms with Gasteiger partial charge in [0.05, 0.1) is 12.1 Å². The van der Waals surface area contributed by atoms with Gasteiger partial charge in [0.25, 0.3) is 0 Å². The van der Waals surface area contributed by atoms with Crippen LogP contribution in [0.15, 0.2) is 36.4 Å². The van der Waals surface area contributed by atoms with Crippen LogP contribution in [0.2, 0.25) is 5.02 Å². The van der Waals surface area contributed by atoms with Crippen LogP contribution in [0.3, 0.4) is 0 Å². The van der Waals surface area contributed by atoms with Crippen molar-refractivity contribution in [1.29, 1.82) is 0 Å². The molecule has 2 nitrogen and oxygen atoms in total. The number of rotatable bonds is 5. The van der Waals surface area contributed by atoms with Crippen molar-refractivity contribution in [2.75, 3.05) is 7.11 Å². The third-order valence-corrected chi connectivity index (χ3v) is 3.73. The summed E-state index contributed by atoms with van der Waals surface area (Å²) >= 11 is 9.13. The molecule has 0 fully saturated rings. The largest absolute Gasteiger partial charge is 0.497 e. The van der Waals surface area contributed by atoms with E-state index in [1.165, 1.54) is 6.07 Å². The highest BCUT2D eigenvalue weighted by molar-refractivity contribution is 9.08. The Balaban J connectivity index is 2.19. The first kappa shape index (κ1) is 15.1. The van der Waals surface area contributed by atoms with Crippen LogP contribution in [0, 0.1) is 5.82 Å². The summed E-state index contributed by atoms with van der Waals surface area (Å²) in [5.74, 6) is 0.898. The molecule has 2 aromatic rings. The molecule has 0 amide bonds. The van der Waals surface area contributed by atoms with Crippen molar-refractivity contribution in [3.63, 3.8) is 0 Å². The molecule has 0 N–H and O–H groups in total. The molecule has 2 aromatic carbocycles. The summed E-state index contributed by atoms with van der Waals surface area (Å²) in [5, 5.41) is 0.738. The predicted octanol–water partition coefficient (Wildman–Crippen LogP) is 4.96. The molecule has 0 spiro atoms. The van der Waals surface area contributed by atoms with Gasteiger partial charge in [0.1, 0.15) is 23.9 Å². The van der Waals surface area contributed by atoms with Crippen molar-refractivity contribution < 1.29 is 13.9 Å². The average Bonchev–Trinajstić information content (AvgIpc) is 2.48. The molecular weight excluding hydrogens is 347 g/mol. The van der Waals surface area contributed by atoms with E-state index in [-0.39, 0.29) is 11.6 Å². The molecule has 0 bridgehead atoms. The highest BCUT2D eigenvalue weighted by Gasteiger charge is 2.09. The molecule has 20 heavy (non-hydrogen) atoms. The topological polar surface area (TPSA) is 18.5 Å². The van der Waals surface area contributed by atoms with Crippen molar-refractivity contribution in [2.24, 2.45) is 0 Å². The van der Waals surface area contributed by atoms with Crippen LogP contribution in [0.25, 0.3) is 0 Å². The average molecular weight is 360 g/mol. The van der Waals surface area contributed by atoms with Crippen LogP contribution >= 0.6 is 27.5 Å². The Labute approximate surface area is 130 Å². The van der Waals surface area contributed by atoms with Crippen LogP contribution in [-0.4, -0.2) is 7.11 Å². The van der Waals surface area contributed by atoms with Crippen molar-refractivity contribution in [3.8, 4) is 11.5 Å². The van der Waals surface area contributed by atoms with E-state index in [2.05, 4.69) is 15.9 Å². The Morgan fingerprint density at radius 1 is 1.20 bits per heavy atom. The summed E-state index contributed by atoms with van der Waals surface area (Å²) in [5.41, 5.74) is 1.38. The third-order valence-electron chi connectivity index (χ3n) is 2.83. The van der Waals surface area contributed by atoms with E-state index < -0.39 is 5.82 Å². The zero-order valence-corrected chi connectivity index (χ0v) is 13.2. The van der Waals surface area contributed by atoms with E-state index in [0.29, 0.717) is 22.4 Å². The van der Waals surface area contributed by atoms with Gasteiger partial charge in [-0.3, -0.25) is 0 Å². The minimum Gasteiger partial charge on any atom is -0.497 e. The molecule has 106 valence electrons. The van der Waals surface area contributed by atoms with Crippen molar-refractivity contribution in [2.45, 2.75) is 11.9 Å². The standard InChI is InChI=1S/C15H13BrClFO2/c1-19-12-6-5-10(8-16)14(7-12)20-9-11-3-2-4-13(17)15(11)18/h2-7H,8-9H2,1H3. The van der Waals surface area contributed by atoms with Gasteiger partial charge in [-0.1, -0.05) is 45.7 Å². The van der Waals surface area contributed by atoms with Crippen molar-refractivity contribution in [1.82, 2.24) is 0 Å². The SMILES string of the molecule is COc1ccc(CBr)c(OCc2cccc(Cl)c2F)c1. The zero-order valence-electron chi connectivity index (χ0n) is 10.8. The van der Waals surface area contributed by atoms with Gasteiger partial charge in [-0.2, -0.15) is 0 Å². The summed E-state index contributed by atoms with van der Waals surface area (Å²) in [6.07, 6.45) is 0. The summed E-state index contributed by atoms with van der Waals surface area (Å²) < 4.78 is 24.6. The van der Waals surface area contributed by atoms with E-state index in [1.807, 2.05) is 12.1 Å². The molecule has 0 atom stereocenters. The van der Waals surface area contributed by atoms with Gasteiger partial charge in [0.2, 0.25) is 0 Å². The fraction of sp³-hybridized carbons (Fsp3) is 0.200. The molecule has 0 heterocycles. The lowest BCUT2D eigenvalue weighted by Crippen LogP contribution is -2.01. The minimum atomic E-state index is -0.447. The fourth-order valence-electron chi connectivity index (χ4n) is 1.72. The number of alkyl halides is 1. The van der Waals surface area contributed by atoms with Gasteiger partial charge in [-0.05, 0) is 12.1 Å². The van der Waals surface area contributed by atoms with Crippen molar-refractivity contribution in [3.05, 3.63) is 58.4 Å². The smallest absolute Gasteiger partial charge is 0.148 e. The number of methoxy groups -OCH3 is 1. The van der Waals surface area contributed by atoms with E-state index >= 15 is 0 Å². The quantitative estimate of drug-likeness (QED) is 0.702. The van der Waals surface area contributed by atoms with Crippen LogP contribution in [0.1, 0.15) is 11.1 Å². The molecule has 5 heteroatoms. The predicted molar refractivity (Wildman–Crippen MR) is 81.4 cm³/mol. The lowest BCUT2D eigenvalue weighted by atomic mass is 10.2. The number of hydrogen-bond donors (Lipinski definition) is 0. The normalized spacial score (nSPS) is 10.4.